The minimum Gasteiger partial charge on any atom is -0.346 e. The molecular weight excluding hydrogens is 301 g/mol. The molecule has 0 amide bonds. The van der Waals surface area contributed by atoms with E-state index < -0.39 is 14.9 Å². The summed E-state index contributed by atoms with van der Waals surface area (Å²) in [6.45, 7) is 4.89. The van der Waals surface area contributed by atoms with E-state index in [1.54, 1.807) is 6.07 Å². The summed E-state index contributed by atoms with van der Waals surface area (Å²) in [6.07, 6.45) is 3.51. The first-order valence-electron chi connectivity index (χ1n) is 6.59. The Morgan fingerprint density at radius 1 is 1.30 bits per heavy atom. The molecule has 0 N–H and O–H groups in total. The van der Waals surface area contributed by atoms with Crippen LogP contribution < -0.4 is 0 Å². The molecule has 0 saturated heterocycles. The summed E-state index contributed by atoms with van der Waals surface area (Å²) in [5.41, 5.74) is 0.692. The normalized spacial score (nSPS) is 12.4. The van der Waals surface area contributed by atoms with Crippen molar-refractivity contribution in [2.75, 3.05) is 0 Å². The van der Waals surface area contributed by atoms with Crippen LogP contribution in [0.25, 0.3) is 10.9 Å². The highest BCUT2D eigenvalue weighted by Gasteiger charge is 2.20. The number of rotatable bonds is 5. The maximum Gasteiger partial charge on any atom is 0.263 e. The maximum atomic E-state index is 13.4. The molecule has 0 aliphatic carbocycles. The van der Waals surface area contributed by atoms with Crippen LogP contribution in [0.1, 0.15) is 26.7 Å². The molecule has 6 heteroatoms. The third-order valence-corrected chi connectivity index (χ3v) is 5.03. The SMILES string of the molecule is CCC(CC)Cn1cc(S(=O)(=O)Cl)c2cc(F)ccc21. The summed E-state index contributed by atoms with van der Waals surface area (Å²) in [6, 6.07) is 4.14. The van der Waals surface area contributed by atoms with Gasteiger partial charge in [-0.2, -0.15) is 0 Å². The van der Waals surface area contributed by atoms with Crippen LogP contribution in [0.4, 0.5) is 4.39 Å². The Labute approximate surface area is 122 Å². The van der Waals surface area contributed by atoms with E-state index in [1.807, 2.05) is 4.57 Å². The van der Waals surface area contributed by atoms with Gasteiger partial charge in [0.1, 0.15) is 10.7 Å². The standard InChI is InChI=1S/C14H17ClFNO2S/c1-3-10(4-2)8-17-9-14(20(15,18)19)12-7-11(16)5-6-13(12)17/h5-7,9-10H,3-4,8H2,1-2H3. The van der Waals surface area contributed by atoms with E-state index in [2.05, 4.69) is 13.8 Å². The third-order valence-electron chi connectivity index (χ3n) is 3.68. The molecule has 0 saturated carbocycles. The average molecular weight is 318 g/mol. The maximum absolute atomic E-state index is 13.4. The van der Waals surface area contributed by atoms with Crippen LogP contribution in [0, 0.1) is 11.7 Å². The van der Waals surface area contributed by atoms with Gasteiger partial charge >= 0.3 is 0 Å². The van der Waals surface area contributed by atoms with Gasteiger partial charge in [-0.15, -0.1) is 0 Å². The summed E-state index contributed by atoms with van der Waals surface area (Å²) in [4.78, 5) is -0.0281. The van der Waals surface area contributed by atoms with Crippen LogP contribution in [0.5, 0.6) is 0 Å². The lowest BCUT2D eigenvalue weighted by molar-refractivity contribution is 0.424. The van der Waals surface area contributed by atoms with Gasteiger partial charge in [0.05, 0.1) is 0 Å². The first-order valence-corrected chi connectivity index (χ1v) is 8.90. The zero-order valence-electron chi connectivity index (χ0n) is 11.4. The van der Waals surface area contributed by atoms with Gasteiger partial charge in [-0.3, -0.25) is 0 Å². The Hall–Kier alpha value is -1.07. The molecule has 3 nitrogen and oxygen atoms in total. The highest BCUT2D eigenvalue weighted by atomic mass is 35.7. The van der Waals surface area contributed by atoms with Gasteiger partial charge in [-0.05, 0) is 24.1 Å². The van der Waals surface area contributed by atoms with Crippen LogP contribution in [-0.2, 0) is 15.6 Å². The summed E-state index contributed by atoms with van der Waals surface area (Å²) in [7, 11) is 1.55. The molecule has 0 bridgehead atoms. The van der Waals surface area contributed by atoms with Gasteiger partial charge in [0.15, 0.2) is 0 Å². The number of benzene rings is 1. The summed E-state index contributed by atoms with van der Waals surface area (Å²) < 4.78 is 38.5. The molecule has 0 radical (unpaired) electrons. The molecule has 0 atom stereocenters. The number of nitrogens with zero attached hydrogens (tertiary/aromatic N) is 1. The van der Waals surface area contributed by atoms with Gasteiger partial charge in [-0.1, -0.05) is 26.7 Å². The molecule has 1 aromatic heterocycles. The number of aromatic nitrogens is 1. The van der Waals surface area contributed by atoms with Crippen LogP contribution in [-0.4, -0.2) is 13.0 Å². The molecule has 1 heterocycles. The van der Waals surface area contributed by atoms with Crippen LogP contribution in [0.3, 0.4) is 0 Å². The van der Waals surface area contributed by atoms with Crippen LogP contribution in [0.15, 0.2) is 29.3 Å². The van der Waals surface area contributed by atoms with Crippen molar-refractivity contribution in [2.24, 2.45) is 5.92 Å². The van der Waals surface area contributed by atoms with E-state index in [-0.39, 0.29) is 4.90 Å². The molecule has 0 fully saturated rings. The molecule has 20 heavy (non-hydrogen) atoms. The first-order chi connectivity index (χ1) is 9.36. The molecule has 0 aliphatic heterocycles. The lowest BCUT2D eigenvalue weighted by Gasteiger charge is -2.14. The van der Waals surface area contributed by atoms with Crippen LogP contribution in [0.2, 0.25) is 0 Å². The number of hydrogen-bond acceptors (Lipinski definition) is 2. The summed E-state index contributed by atoms with van der Waals surface area (Å²) >= 11 is 0. The molecule has 2 rings (SSSR count). The Morgan fingerprint density at radius 2 is 1.95 bits per heavy atom. The van der Waals surface area contributed by atoms with E-state index in [9.17, 15) is 12.8 Å². The molecule has 0 unspecified atom stereocenters. The third kappa shape index (κ3) is 2.99. The second kappa shape index (κ2) is 5.74. The van der Waals surface area contributed by atoms with E-state index in [1.165, 1.54) is 18.3 Å². The zero-order chi connectivity index (χ0) is 14.9. The smallest absolute Gasteiger partial charge is 0.263 e. The Morgan fingerprint density at radius 3 is 2.50 bits per heavy atom. The second-order valence-electron chi connectivity index (χ2n) is 4.93. The average Bonchev–Trinajstić information content (AvgIpc) is 2.73. The summed E-state index contributed by atoms with van der Waals surface area (Å²) in [5, 5.41) is 0.339. The predicted octanol–water partition coefficient (Wildman–Crippen LogP) is 4.14. The lowest BCUT2D eigenvalue weighted by atomic mass is 10.0. The van der Waals surface area contributed by atoms with Gasteiger partial charge < -0.3 is 4.57 Å². The van der Waals surface area contributed by atoms with Gasteiger partial charge in [0, 0.05) is 34.3 Å². The fourth-order valence-electron chi connectivity index (χ4n) is 2.41. The first kappa shape index (κ1) is 15.3. The lowest BCUT2D eigenvalue weighted by Crippen LogP contribution is -2.08. The Kier molecular flexibility index (Phi) is 4.39. The van der Waals surface area contributed by atoms with E-state index in [4.69, 9.17) is 10.7 Å². The Balaban J connectivity index is 2.62. The minimum atomic E-state index is -3.89. The molecule has 0 aliphatic rings. The second-order valence-corrected chi connectivity index (χ2v) is 7.46. The van der Waals surface area contributed by atoms with E-state index in [0.717, 1.165) is 12.8 Å². The molecule has 1 aromatic carbocycles. The van der Waals surface area contributed by atoms with Crippen molar-refractivity contribution < 1.29 is 12.8 Å². The fraction of sp³-hybridized carbons (Fsp3) is 0.429. The van der Waals surface area contributed by atoms with E-state index in [0.29, 0.717) is 23.4 Å². The topological polar surface area (TPSA) is 39.1 Å². The van der Waals surface area contributed by atoms with Gasteiger partial charge in [0.2, 0.25) is 0 Å². The van der Waals surface area contributed by atoms with E-state index >= 15 is 0 Å². The highest BCUT2D eigenvalue weighted by Crippen LogP contribution is 2.29. The van der Waals surface area contributed by atoms with Crippen LogP contribution >= 0.6 is 10.7 Å². The molecule has 110 valence electrons. The summed E-state index contributed by atoms with van der Waals surface area (Å²) in [5.74, 6) is -0.0270. The molecule has 0 spiro atoms. The number of halogens is 2. The number of hydrogen-bond donors (Lipinski definition) is 0. The predicted molar refractivity (Wildman–Crippen MR) is 79.0 cm³/mol. The fourth-order valence-corrected chi connectivity index (χ4v) is 3.46. The van der Waals surface area contributed by atoms with Crippen molar-refractivity contribution in [2.45, 2.75) is 38.1 Å². The van der Waals surface area contributed by atoms with Crippen molar-refractivity contribution in [1.82, 2.24) is 4.57 Å². The quantitative estimate of drug-likeness (QED) is 0.777. The molecule has 2 aromatic rings. The Bertz CT molecular complexity index is 720. The monoisotopic (exact) mass is 317 g/mol. The minimum absolute atomic E-state index is 0.0281. The van der Waals surface area contributed by atoms with Crippen molar-refractivity contribution in [3.8, 4) is 0 Å². The van der Waals surface area contributed by atoms with Crippen molar-refractivity contribution >= 4 is 30.6 Å². The van der Waals surface area contributed by atoms with Gasteiger partial charge in [-0.25, -0.2) is 12.8 Å². The van der Waals surface area contributed by atoms with Crippen molar-refractivity contribution in [3.63, 3.8) is 0 Å². The zero-order valence-corrected chi connectivity index (χ0v) is 13.0. The molecular formula is C14H17ClFNO2S. The van der Waals surface area contributed by atoms with Gasteiger partial charge in [0.25, 0.3) is 9.05 Å². The number of fused-ring (bicyclic) bond motifs is 1. The highest BCUT2D eigenvalue weighted by molar-refractivity contribution is 8.14. The largest absolute Gasteiger partial charge is 0.346 e. The van der Waals surface area contributed by atoms with Crippen molar-refractivity contribution in [1.29, 1.82) is 0 Å². The van der Waals surface area contributed by atoms with Crippen molar-refractivity contribution in [3.05, 3.63) is 30.2 Å².